The van der Waals surface area contributed by atoms with E-state index >= 15 is 0 Å². The predicted octanol–water partition coefficient (Wildman–Crippen LogP) is 10.3. The monoisotopic (exact) mass is 795 g/mol. The Labute approximate surface area is 290 Å². The Morgan fingerprint density at radius 2 is 0.917 bits per heavy atom. The molecule has 0 spiro atoms. The number of para-hydroxylation sites is 2. The quantitative estimate of drug-likeness (QED) is 0.132. The van der Waals surface area contributed by atoms with Crippen LogP contribution in [-0.4, -0.2) is 18.8 Å². The van der Waals surface area contributed by atoms with E-state index in [9.17, 15) is 0 Å². The molecular weight excluding hydrogens is 772 g/mol. The molecule has 0 radical (unpaired) electrons. The maximum atomic E-state index is 6.47. The van der Waals surface area contributed by atoms with Crippen molar-refractivity contribution in [2.75, 3.05) is 0 Å². The Balaban J connectivity index is 0.00000314. The van der Waals surface area contributed by atoms with Gasteiger partial charge in [-0.25, -0.2) is 0 Å². The number of imidazole rings is 2. The summed E-state index contributed by atoms with van der Waals surface area (Å²) in [5, 5.41) is 6.23. The van der Waals surface area contributed by atoms with E-state index in [2.05, 4.69) is 118 Å². The van der Waals surface area contributed by atoms with Gasteiger partial charge in [-0.2, -0.15) is 0 Å². The summed E-state index contributed by atoms with van der Waals surface area (Å²) >= 11 is 0. The van der Waals surface area contributed by atoms with E-state index in [-0.39, 0.29) is 21.1 Å². The van der Waals surface area contributed by atoms with E-state index in [0.717, 1.165) is 65.8 Å². The molecule has 10 aromatic rings. The second-order valence-corrected chi connectivity index (χ2v) is 11.7. The van der Waals surface area contributed by atoms with Crippen LogP contribution in [0.3, 0.4) is 0 Å². The molecule has 0 N–H and O–H groups in total. The topological polar surface area (TPSA) is 43.8 Å². The fraction of sp³-hybridized carbons (Fsp3) is 0. The molecule has 228 valence electrons. The van der Waals surface area contributed by atoms with Crippen molar-refractivity contribution in [3.63, 3.8) is 0 Å². The summed E-state index contributed by atoms with van der Waals surface area (Å²) in [5.74, 6) is 1.20. The molecule has 6 heteroatoms. The van der Waals surface area contributed by atoms with Crippen LogP contribution >= 0.6 is 0 Å². The molecule has 0 amide bonds. The Morgan fingerprint density at radius 1 is 0.458 bits per heavy atom. The molecule has 0 saturated carbocycles. The van der Waals surface area contributed by atoms with Gasteiger partial charge < -0.3 is 13.5 Å². The van der Waals surface area contributed by atoms with Gasteiger partial charge in [-0.05, 0) is 21.9 Å². The number of pyridine rings is 2. The first-order valence-corrected chi connectivity index (χ1v) is 15.6. The molecule has 4 aromatic heterocycles. The second kappa shape index (κ2) is 11.2. The van der Waals surface area contributed by atoms with Gasteiger partial charge >= 0.3 is 21.1 Å². The molecule has 0 atom stereocenters. The molecule has 10 rings (SSSR count). The molecule has 0 unspecified atom stereocenters. The van der Waals surface area contributed by atoms with Crippen molar-refractivity contribution >= 4 is 54.6 Å². The molecular formula is C42H24N4OPt. The molecule has 0 aliphatic rings. The molecule has 6 aromatic carbocycles. The first-order valence-electron chi connectivity index (χ1n) is 15.6. The van der Waals surface area contributed by atoms with Gasteiger partial charge in [0.05, 0.1) is 11.3 Å². The van der Waals surface area contributed by atoms with Crippen LogP contribution in [0.4, 0.5) is 0 Å². The van der Waals surface area contributed by atoms with Crippen molar-refractivity contribution in [3.8, 4) is 33.8 Å². The number of rotatable bonds is 4. The Morgan fingerprint density at radius 3 is 1.38 bits per heavy atom. The first kappa shape index (κ1) is 28.5. The zero-order valence-electron chi connectivity index (χ0n) is 25.4. The summed E-state index contributed by atoms with van der Waals surface area (Å²) in [4.78, 5) is 9.53. The number of hydrogen-bond acceptors (Lipinski definition) is 3. The Hall–Kier alpha value is -5.77. The molecule has 5 nitrogen and oxygen atoms in total. The van der Waals surface area contributed by atoms with Crippen LogP contribution in [0, 0.1) is 12.1 Å². The standard InChI is InChI=1S/C42H24N4O.Pt/c1-3-9-27(10-4-1)31-13-7-15-35-33-19-17-29(25-37(33)41-43-21-23-45(41)39(31)35)47-30-18-20-34-36-16-8-14-32(28-11-5-2-6-12-28)40(36)46-24-22-44-42(46)38(34)26-30;/h1-24H;/q-2;+2. The average molecular weight is 796 g/mol. The summed E-state index contributed by atoms with van der Waals surface area (Å²) in [6, 6.07) is 49.1. The van der Waals surface area contributed by atoms with Crippen molar-refractivity contribution in [2.24, 2.45) is 0 Å². The zero-order valence-corrected chi connectivity index (χ0v) is 27.6. The average Bonchev–Trinajstić information content (AvgIpc) is 3.83. The van der Waals surface area contributed by atoms with Crippen LogP contribution < -0.4 is 4.74 Å². The third kappa shape index (κ3) is 4.28. The fourth-order valence-electron chi connectivity index (χ4n) is 7.07. The van der Waals surface area contributed by atoms with Gasteiger partial charge in [0.15, 0.2) is 0 Å². The molecule has 0 saturated heterocycles. The van der Waals surface area contributed by atoms with Crippen molar-refractivity contribution in [3.05, 3.63) is 158 Å². The molecule has 4 heterocycles. The van der Waals surface area contributed by atoms with Crippen LogP contribution in [0.15, 0.2) is 146 Å². The summed E-state index contributed by atoms with van der Waals surface area (Å²) < 4.78 is 10.8. The van der Waals surface area contributed by atoms with E-state index in [1.807, 2.05) is 49.1 Å². The molecule has 48 heavy (non-hydrogen) atoms. The molecule has 0 aliphatic heterocycles. The van der Waals surface area contributed by atoms with E-state index in [1.54, 1.807) is 0 Å². The van der Waals surface area contributed by atoms with E-state index in [1.165, 1.54) is 11.1 Å². The van der Waals surface area contributed by atoms with Gasteiger partial charge in [0.1, 0.15) is 0 Å². The molecule has 0 bridgehead atoms. The van der Waals surface area contributed by atoms with Gasteiger partial charge in [-0.15, -0.1) is 12.1 Å². The number of aromatic nitrogens is 4. The Kier molecular flexibility index (Phi) is 6.63. The van der Waals surface area contributed by atoms with Gasteiger partial charge in [-0.1, -0.05) is 143 Å². The predicted molar refractivity (Wildman–Crippen MR) is 189 cm³/mol. The van der Waals surface area contributed by atoms with E-state index < -0.39 is 0 Å². The van der Waals surface area contributed by atoms with Gasteiger partial charge in [0.2, 0.25) is 0 Å². The number of nitrogens with zero attached hydrogens (tertiary/aromatic N) is 4. The minimum absolute atomic E-state index is 0. The van der Waals surface area contributed by atoms with Crippen LogP contribution in [0.5, 0.6) is 11.5 Å². The minimum Gasteiger partial charge on any atom is -0.497 e. The minimum atomic E-state index is 0. The Bertz CT molecular complexity index is 2630. The fourth-order valence-corrected chi connectivity index (χ4v) is 7.07. The maximum Gasteiger partial charge on any atom is 2.00 e. The van der Waals surface area contributed by atoms with Crippen LogP contribution in [-0.2, 0) is 21.1 Å². The zero-order chi connectivity index (χ0) is 30.9. The molecule has 0 fully saturated rings. The van der Waals surface area contributed by atoms with Crippen LogP contribution in [0.1, 0.15) is 0 Å². The first-order chi connectivity index (χ1) is 23.3. The maximum absolute atomic E-state index is 6.47. The van der Waals surface area contributed by atoms with Gasteiger partial charge in [-0.3, -0.25) is 9.97 Å². The number of benzene rings is 6. The van der Waals surface area contributed by atoms with E-state index in [0.29, 0.717) is 11.5 Å². The SMILES string of the molecule is [Pt+2].[c-]1c(Oc2[c-]c3c(cc2)c2cccc(-c4ccccc4)c2n2ccnc32)ccc2c1c1nccn1c1c(-c3ccccc3)cccc21. The summed E-state index contributed by atoms with van der Waals surface area (Å²) in [5.41, 5.74) is 8.57. The normalized spacial score (nSPS) is 11.6. The van der Waals surface area contributed by atoms with E-state index in [4.69, 9.17) is 14.7 Å². The van der Waals surface area contributed by atoms with Crippen LogP contribution in [0.2, 0.25) is 0 Å². The molecule has 0 aliphatic carbocycles. The van der Waals surface area contributed by atoms with Crippen molar-refractivity contribution in [2.45, 2.75) is 0 Å². The summed E-state index contributed by atoms with van der Waals surface area (Å²) in [6.07, 6.45) is 7.73. The van der Waals surface area contributed by atoms with Gasteiger partial charge in [0, 0.05) is 58.4 Å². The summed E-state index contributed by atoms with van der Waals surface area (Å²) in [6.45, 7) is 0. The third-order valence-electron chi connectivity index (χ3n) is 9.09. The summed E-state index contributed by atoms with van der Waals surface area (Å²) in [7, 11) is 0. The second-order valence-electron chi connectivity index (χ2n) is 11.7. The van der Waals surface area contributed by atoms with Crippen molar-refractivity contribution in [1.29, 1.82) is 0 Å². The van der Waals surface area contributed by atoms with Gasteiger partial charge in [0.25, 0.3) is 0 Å². The number of fused-ring (bicyclic) bond motifs is 12. The van der Waals surface area contributed by atoms with Crippen molar-refractivity contribution in [1.82, 2.24) is 18.8 Å². The smallest absolute Gasteiger partial charge is 0.497 e. The third-order valence-corrected chi connectivity index (χ3v) is 9.09. The van der Waals surface area contributed by atoms with Crippen molar-refractivity contribution < 1.29 is 25.8 Å². The number of hydrogen-bond donors (Lipinski definition) is 0. The number of ether oxygens (including phenoxy) is 1. The largest absolute Gasteiger partial charge is 2.00 e. The van der Waals surface area contributed by atoms with Crippen LogP contribution in [0.25, 0.3) is 76.9 Å².